The second-order valence-electron chi connectivity index (χ2n) is 9.34. The van der Waals surface area contributed by atoms with E-state index in [9.17, 15) is 26.3 Å². The van der Waals surface area contributed by atoms with Gasteiger partial charge in [-0.2, -0.15) is 0 Å². The van der Waals surface area contributed by atoms with Crippen LogP contribution < -0.4 is 0 Å². The predicted octanol–water partition coefficient (Wildman–Crippen LogP) is 4.24. The van der Waals surface area contributed by atoms with Gasteiger partial charge < -0.3 is 5.11 Å². The topological polar surface area (TPSA) is 106 Å². The number of fused-ring (bicyclic) bond motifs is 1. The average molecular weight is 529 g/mol. The van der Waals surface area contributed by atoms with E-state index in [0.717, 1.165) is 35.7 Å². The number of benzene rings is 2. The predicted molar refractivity (Wildman–Crippen MR) is 133 cm³/mol. The van der Waals surface area contributed by atoms with E-state index in [1.165, 1.54) is 48.5 Å². The van der Waals surface area contributed by atoms with Gasteiger partial charge in [0.1, 0.15) is 11.4 Å². The summed E-state index contributed by atoms with van der Waals surface area (Å²) < 4.78 is 66.9. The Morgan fingerprint density at radius 1 is 1.00 bits per heavy atom. The molecule has 0 saturated heterocycles. The molecule has 0 aliphatic heterocycles. The highest BCUT2D eigenvalue weighted by Crippen LogP contribution is 2.44. The summed E-state index contributed by atoms with van der Waals surface area (Å²) in [5.41, 5.74) is -1.44. The van der Waals surface area contributed by atoms with Crippen molar-refractivity contribution in [3.8, 4) is 0 Å². The van der Waals surface area contributed by atoms with Crippen LogP contribution in [-0.4, -0.2) is 37.2 Å². The smallest absolute Gasteiger partial charge is 0.269 e. The summed E-state index contributed by atoms with van der Waals surface area (Å²) >= 11 is 0. The Labute approximate surface area is 209 Å². The molecule has 1 aliphatic carbocycles. The van der Waals surface area contributed by atoms with E-state index in [4.69, 9.17) is 0 Å². The number of aliphatic hydroxyl groups is 1. The van der Waals surface area contributed by atoms with Crippen LogP contribution in [0.3, 0.4) is 0 Å². The summed E-state index contributed by atoms with van der Waals surface area (Å²) in [6.45, 7) is 0. The van der Waals surface area contributed by atoms with Crippen molar-refractivity contribution in [1.29, 1.82) is 0 Å². The first-order chi connectivity index (χ1) is 17.0. The van der Waals surface area contributed by atoms with Crippen LogP contribution in [0.1, 0.15) is 36.9 Å². The lowest BCUT2D eigenvalue weighted by Crippen LogP contribution is -2.36. The molecular weight excluding hydrogens is 503 g/mol. The molecule has 1 atom stereocenters. The highest BCUT2D eigenvalue weighted by molar-refractivity contribution is 7.90. The monoisotopic (exact) mass is 528 g/mol. The molecule has 0 radical (unpaired) electrons. The van der Waals surface area contributed by atoms with Crippen molar-refractivity contribution in [3.05, 3.63) is 90.0 Å². The number of halogens is 1. The molecule has 1 saturated carbocycles. The number of hydrogen-bond donors (Lipinski definition) is 1. The number of hydrogen-bond acceptors (Lipinski definition) is 6. The first-order valence-corrected chi connectivity index (χ1v) is 14.8. The lowest BCUT2D eigenvalue weighted by atomic mass is 9.74. The van der Waals surface area contributed by atoms with Crippen molar-refractivity contribution in [2.75, 3.05) is 6.26 Å². The molecule has 7 nitrogen and oxygen atoms in total. The Balaban J connectivity index is 1.79. The zero-order valence-corrected chi connectivity index (χ0v) is 21.1. The molecule has 36 heavy (non-hydrogen) atoms. The van der Waals surface area contributed by atoms with Crippen LogP contribution in [0.15, 0.2) is 82.7 Å². The Morgan fingerprint density at radius 3 is 2.25 bits per heavy atom. The fraction of sp³-hybridized carbons (Fsp3) is 0.269. The number of nitrogens with zero attached hydrogens (tertiary/aromatic N) is 2. The van der Waals surface area contributed by atoms with Crippen LogP contribution >= 0.6 is 0 Å². The Hall–Kier alpha value is -3.08. The minimum Gasteiger partial charge on any atom is -0.379 e. The molecule has 5 rings (SSSR count). The molecule has 10 heteroatoms. The zero-order valence-electron chi connectivity index (χ0n) is 19.5. The molecule has 1 aliphatic rings. The Bertz CT molecular complexity index is 1650. The minimum absolute atomic E-state index is 0.00459. The van der Waals surface area contributed by atoms with Gasteiger partial charge in [-0.15, -0.1) is 0 Å². The summed E-state index contributed by atoms with van der Waals surface area (Å²) in [5.74, 6) is -0.497. The number of sulfone groups is 1. The molecule has 2 heterocycles. The van der Waals surface area contributed by atoms with Crippen molar-refractivity contribution in [2.45, 2.75) is 41.1 Å². The van der Waals surface area contributed by atoms with Gasteiger partial charge in [-0.3, -0.25) is 0 Å². The number of aromatic nitrogens is 2. The van der Waals surface area contributed by atoms with Gasteiger partial charge in [0.2, 0.25) is 0 Å². The molecule has 2 aromatic heterocycles. The maximum absolute atomic E-state index is 14.1. The van der Waals surface area contributed by atoms with Crippen molar-refractivity contribution < 1.29 is 26.3 Å². The SMILES string of the molecule is CS(=O)(=O)c1ccc(C(O)(CC2CCC2)c2cc3cc(F)cnc3n2S(=O)(=O)c2ccccc2)cc1. The molecule has 188 valence electrons. The maximum atomic E-state index is 14.1. The van der Waals surface area contributed by atoms with Crippen LogP contribution in [-0.2, 0) is 25.5 Å². The first kappa shape index (κ1) is 24.6. The Morgan fingerprint density at radius 2 is 1.67 bits per heavy atom. The third-order valence-corrected chi connectivity index (χ3v) is 9.69. The molecule has 1 N–H and O–H groups in total. The highest BCUT2D eigenvalue weighted by atomic mass is 32.2. The summed E-state index contributed by atoms with van der Waals surface area (Å²) in [4.78, 5) is 4.15. The lowest BCUT2D eigenvalue weighted by molar-refractivity contribution is 0.0323. The molecule has 0 bridgehead atoms. The van der Waals surface area contributed by atoms with Gasteiger partial charge in [-0.05, 0) is 54.3 Å². The molecule has 1 fully saturated rings. The molecule has 1 unspecified atom stereocenters. The fourth-order valence-corrected chi connectivity index (χ4v) is 6.92. The van der Waals surface area contributed by atoms with Gasteiger partial charge in [0.05, 0.1) is 21.7 Å². The number of pyridine rings is 1. The van der Waals surface area contributed by atoms with E-state index in [-0.39, 0.29) is 38.9 Å². The van der Waals surface area contributed by atoms with Crippen LogP contribution in [0, 0.1) is 11.7 Å². The summed E-state index contributed by atoms with van der Waals surface area (Å²) in [6, 6.07) is 16.2. The highest BCUT2D eigenvalue weighted by Gasteiger charge is 2.42. The second-order valence-corrected chi connectivity index (χ2v) is 13.1. The van der Waals surface area contributed by atoms with E-state index < -0.39 is 31.3 Å². The first-order valence-electron chi connectivity index (χ1n) is 11.5. The van der Waals surface area contributed by atoms with Gasteiger partial charge in [0.15, 0.2) is 15.5 Å². The summed E-state index contributed by atoms with van der Waals surface area (Å²) in [6.07, 6.45) is 5.01. The summed E-state index contributed by atoms with van der Waals surface area (Å²) in [5, 5.41) is 12.5. The molecule has 0 spiro atoms. The van der Waals surface area contributed by atoms with Gasteiger partial charge in [-0.1, -0.05) is 49.6 Å². The van der Waals surface area contributed by atoms with Gasteiger partial charge in [0.25, 0.3) is 10.0 Å². The number of rotatable bonds is 7. The fourth-order valence-electron chi connectivity index (χ4n) is 4.74. The van der Waals surface area contributed by atoms with Gasteiger partial charge >= 0.3 is 0 Å². The largest absolute Gasteiger partial charge is 0.379 e. The zero-order chi connectivity index (χ0) is 25.7. The van der Waals surface area contributed by atoms with Crippen LogP contribution in [0.25, 0.3) is 11.0 Å². The van der Waals surface area contributed by atoms with E-state index >= 15 is 0 Å². The van der Waals surface area contributed by atoms with Crippen molar-refractivity contribution in [1.82, 2.24) is 8.96 Å². The standard InChI is InChI=1S/C26H25FN2O5S2/c1-35(31,32)22-12-10-20(11-13-22)26(30,16-18-6-5-7-18)24-15-19-14-21(27)17-28-25(19)29(24)36(33,34)23-8-3-2-4-9-23/h2-4,8-15,17-18,30H,5-7,16H2,1H3. The average Bonchev–Trinajstić information content (AvgIpc) is 3.21. The van der Waals surface area contributed by atoms with Gasteiger partial charge in [-0.25, -0.2) is 30.2 Å². The van der Waals surface area contributed by atoms with Gasteiger partial charge in [0, 0.05) is 11.6 Å². The van der Waals surface area contributed by atoms with E-state index in [1.54, 1.807) is 18.2 Å². The lowest BCUT2D eigenvalue weighted by Gasteiger charge is -2.37. The third kappa shape index (κ3) is 4.23. The third-order valence-electron chi connectivity index (χ3n) is 6.84. The van der Waals surface area contributed by atoms with E-state index in [0.29, 0.717) is 5.56 Å². The van der Waals surface area contributed by atoms with E-state index in [2.05, 4.69) is 4.98 Å². The van der Waals surface area contributed by atoms with E-state index in [1.807, 2.05) is 0 Å². The van der Waals surface area contributed by atoms with Crippen molar-refractivity contribution in [3.63, 3.8) is 0 Å². The summed E-state index contributed by atoms with van der Waals surface area (Å²) in [7, 11) is -7.71. The van der Waals surface area contributed by atoms with Crippen LogP contribution in [0.5, 0.6) is 0 Å². The molecule has 0 amide bonds. The second kappa shape index (κ2) is 8.79. The molecule has 4 aromatic rings. The maximum Gasteiger partial charge on any atom is 0.269 e. The molecule has 2 aromatic carbocycles. The van der Waals surface area contributed by atoms with Crippen LogP contribution in [0.4, 0.5) is 4.39 Å². The Kier molecular flexibility index (Phi) is 6.01. The minimum atomic E-state index is -4.24. The van der Waals surface area contributed by atoms with Crippen molar-refractivity contribution in [2.24, 2.45) is 5.92 Å². The van der Waals surface area contributed by atoms with Crippen molar-refractivity contribution >= 4 is 30.9 Å². The molecular formula is C26H25FN2O5S2. The quantitative estimate of drug-likeness (QED) is 0.385. The normalized spacial score (nSPS) is 16.5. The van der Waals surface area contributed by atoms with Crippen LogP contribution in [0.2, 0.25) is 0 Å².